The summed E-state index contributed by atoms with van der Waals surface area (Å²) in [5, 5.41) is 13.2. The summed E-state index contributed by atoms with van der Waals surface area (Å²) in [6.07, 6.45) is 9.46. The number of rotatable bonds is 19. The Bertz CT molecular complexity index is 6890. The van der Waals surface area contributed by atoms with Crippen molar-refractivity contribution in [2.45, 2.75) is 135 Å². The van der Waals surface area contributed by atoms with Crippen LogP contribution in [0.5, 0.6) is 23.0 Å². The first-order valence-electron chi connectivity index (χ1n) is 47.1. The van der Waals surface area contributed by atoms with E-state index in [1.165, 1.54) is 132 Å². The molecular formula is C110H115BrCl4N10O6S8. The van der Waals surface area contributed by atoms with Gasteiger partial charge in [0.05, 0.1) is 71.3 Å². The number of hydrogen-bond donors (Lipinski definition) is 6. The molecule has 5 aliphatic heterocycles. The molecule has 0 spiro atoms. The lowest BCUT2D eigenvalue weighted by Crippen LogP contribution is -2.38. The molecule has 5 atom stereocenters. The number of thiocarbonyl (C=S) groups is 4. The Kier molecular flexibility index (Phi) is 35.2. The summed E-state index contributed by atoms with van der Waals surface area (Å²) in [4.78, 5) is 39.3. The van der Waals surface area contributed by atoms with Crippen LogP contribution in [0.1, 0.15) is 192 Å². The number of aromatic amines is 5. The molecule has 6 N–H and O–H groups in total. The van der Waals surface area contributed by atoms with Gasteiger partial charge in [0.25, 0.3) is 0 Å². The van der Waals surface area contributed by atoms with Crippen LogP contribution < -0.4 is 24.3 Å². The third-order valence-electron chi connectivity index (χ3n) is 26.0. The van der Waals surface area contributed by atoms with Crippen molar-refractivity contribution in [2.75, 3.05) is 85.5 Å². The van der Waals surface area contributed by atoms with Gasteiger partial charge < -0.3 is 73.5 Å². The first kappa shape index (κ1) is 103. The summed E-state index contributed by atoms with van der Waals surface area (Å²) in [7, 11) is 8.17. The van der Waals surface area contributed by atoms with Crippen LogP contribution in [0.2, 0.25) is 20.1 Å². The zero-order valence-electron chi connectivity index (χ0n) is 79.7. The maximum Gasteiger partial charge on any atom is 0.337 e. The zero-order chi connectivity index (χ0) is 97.8. The molecule has 0 aliphatic carbocycles. The third kappa shape index (κ3) is 23.6. The highest BCUT2D eigenvalue weighted by Gasteiger charge is 2.39. The molecule has 0 bridgehead atoms. The van der Waals surface area contributed by atoms with E-state index in [1.54, 1.807) is 75.5 Å². The summed E-state index contributed by atoms with van der Waals surface area (Å²) in [5.74, 6) is 6.97. The topological polar surface area (TPSA) is 167 Å². The number of unbranched alkanes of at least 4 members (excludes halogenated alkanes) is 1. The number of carbonyl (C=O) groups excluding carboxylic acids is 1. The molecule has 0 radical (unpaired) electrons. The van der Waals surface area contributed by atoms with Crippen LogP contribution in [0.15, 0.2) is 217 Å². The fourth-order valence-corrected chi connectivity index (χ4v) is 25.9. The fourth-order valence-electron chi connectivity index (χ4n) is 19.2. The van der Waals surface area contributed by atoms with Crippen LogP contribution in [0.3, 0.4) is 0 Å². The maximum atomic E-state index is 11.6. The van der Waals surface area contributed by atoms with Gasteiger partial charge in [-0.05, 0) is 270 Å². The van der Waals surface area contributed by atoms with Gasteiger partial charge in [-0.15, -0.1) is 0 Å². The van der Waals surface area contributed by atoms with E-state index < -0.39 is 0 Å². The van der Waals surface area contributed by atoms with Crippen LogP contribution in [0.25, 0.3) is 54.5 Å². The lowest BCUT2D eigenvalue weighted by molar-refractivity contribution is 0.0600. The number of esters is 1. The summed E-state index contributed by atoms with van der Waals surface area (Å²) in [6.45, 7) is 17.8. The number of hydrogen-bond acceptors (Lipinski definition) is 15. The molecule has 16 nitrogen and oxygen atoms in total. The predicted molar refractivity (Wildman–Crippen MR) is 607 cm³/mol. The van der Waals surface area contributed by atoms with Gasteiger partial charge in [0.15, 0.2) is 0 Å². The minimum atomic E-state index is -0.311. The Hall–Kier alpha value is -8.87. The molecule has 0 amide bonds. The van der Waals surface area contributed by atoms with E-state index in [0.717, 1.165) is 186 Å². The van der Waals surface area contributed by atoms with Gasteiger partial charge >= 0.3 is 5.97 Å². The van der Waals surface area contributed by atoms with E-state index >= 15 is 0 Å². The van der Waals surface area contributed by atoms with Crippen LogP contribution in [-0.4, -0.2) is 159 Å². The van der Waals surface area contributed by atoms with Crippen LogP contribution in [0, 0.1) is 5.92 Å². The van der Waals surface area contributed by atoms with E-state index in [4.69, 9.17) is 119 Å². The number of benzene rings is 10. The molecule has 20 rings (SSSR count). The quantitative estimate of drug-likeness (QED) is 0.0257. The normalized spacial score (nSPS) is 16.3. The Morgan fingerprint density at radius 2 is 0.705 bits per heavy atom. The number of fused-ring (bicyclic) bond motifs is 15. The zero-order valence-corrected chi connectivity index (χ0v) is 90.8. The second-order valence-electron chi connectivity index (χ2n) is 35.6. The lowest BCUT2D eigenvalue weighted by atomic mass is 9.93. The highest BCUT2D eigenvalue weighted by Crippen LogP contribution is 2.48. The van der Waals surface area contributed by atoms with Crippen molar-refractivity contribution >= 4 is 236 Å². The van der Waals surface area contributed by atoms with Crippen LogP contribution in [-0.2, 0) is 36.8 Å². The van der Waals surface area contributed by atoms with Crippen molar-refractivity contribution in [3.8, 4) is 23.0 Å². The van der Waals surface area contributed by atoms with E-state index in [-0.39, 0.29) is 36.2 Å². The molecule has 0 saturated carbocycles. The molecule has 5 aromatic heterocycles. The summed E-state index contributed by atoms with van der Waals surface area (Å²) < 4.78 is 31.1. The lowest BCUT2D eigenvalue weighted by Gasteiger charge is -2.38. The molecule has 5 aliphatic rings. The SMILES string of the molecule is CCCCSC(=S)N1CCc2c([nH]c3ccc(Cl)cc23)C1c1ccc(OC)cc1.CCCSC(=S)N1CCc2c([nH]c3ccc(Cl)cc23)C1c1ccc(OC)cc1.COC(=O)c1ccc(C2NCCc3c2[nH]c2ccc(Br)cc32)cc1.COc1ccc(C2c3[nH]c4ccc(Cl)cc4c3CCN2C(=S)SC(C)C)cc1.COc1ccc(C2c3[nH]c4ccc(Cl)cc4c3CCN2C(=S)SCCC(C)C)cc1. The van der Waals surface area contributed by atoms with Crippen molar-refractivity contribution < 1.29 is 28.5 Å². The van der Waals surface area contributed by atoms with Gasteiger partial charge in [-0.2, -0.15) is 0 Å². The number of thioether (sulfide) groups is 4. The minimum Gasteiger partial charge on any atom is -0.497 e. The number of methoxy groups -OCH3 is 5. The van der Waals surface area contributed by atoms with Gasteiger partial charge in [0, 0.05) is 157 Å². The molecule has 0 fully saturated rings. The number of nitrogens with zero attached hydrogens (tertiary/aromatic N) is 4. The molecule has 29 heteroatoms. The fraction of sp³-hybridized carbons (Fsp3) is 0.318. The van der Waals surface area contributed by atoms with Crippen LogP contribution in [0.4, 0.5) is 0 Å². The van der Waals surface area contributed by atoms with Crippen molar-refractivity contribution in [2.24, 2.45) is 5.92 Å². The van der Waals surface area contributed by atoms with Gasteiger partial charge in [-0.3, -0.25) is 0 Å². The smallest absolute Gasteiger partial charge is 0.337 e. The second-order valence-corrected chi connectivity index (χ2v) is 45.6. The second kappa shape index (κ2) is 47.6. The van der Waals surface area contributed by atoms with E-state index in [2.05, 4.69) is 223 Å². The Morgan fingerprint density at radius 1 is 0.388 bits per heavy atom. The van der Waals surface area contributed by atoms with Crippen molar-refractivity contribution in [1.29, 1.82) is 0 Å². The Morgan fingerprint density at radius 3 is 1.04 bits per heavy atom. The Balaban J connectivity index is 0.000000126. The highest BCUT2D eigenvalue weighted by molar-refractivity contribution is 9.10. The molecule has 15 aromatic rings. The van der Waals surface area contributed by atoms with Crippen molar-refractivity contribution in [3.63, 3.8) is 0 Å². The largest absolute Gasteiger partial charge is 0.497 e. The highest BCUT2D eigenvalue weighted by atomic mass is 79.9. The molecule has 5 unspecified atom stereocenters. The monoisotopic (exact) mass is 2150 g/mol. The molecule has 724 valence electrons. The van der Waals surface area contributed by atoms with Gasteiger partial charge in [-0.1, -0.05) is 267 Å². The number of ether oxygens (including phenoxy) is 5. The average molecular weight is 2150 g/mol. The number of carbonyl (C=O) groups is 1. The van der Waals surface area contributed by atoms with Crippen molar-refractivity contribution in [1.82, 2.24) is 49.8 Å². The number of H-pyrrole nitrogens is 5. The van der Waals surface area contributed by atoms with Crippen molar-refractivity contribution in [3.05, 3.63) is 327 Å². The standard InChI is InChI=1S/C24H27ClN2OS2.C23H25ClN2OS2.2C22H23ClN2OS2.C19H17BrN2O2/c1-15(2)11-13-30-24(29)27-12-10-19-20-14-17(25)6-9-21(20)26-22(19)23(27)16-4-7-18(28-3)8-5-16;1-3-4-13-29-23(28)26-12-11-18-19-14-16(24)7-10-20(19)25-21(18)22(26)15-5-8-17(27-2)9-6-15;1-13(2)28-22(27)25-11-10-17-18-12-15(23)6-9-19(18)24-20(17)21(25)14-4-7-16(26-3)8-5-14;1-3-12-28-22(27)25-11-10-17-18-13-15(23)6-9-19(18)24-20(17)21(25)14-4-7-16(26-2)8-5-14;1-24-19(23)12-4-2-11(3-5-12)17-18-14(8-9-21-17)15-10-13(20)6-7-16(15)22-18/h4-9,14-15,23,26H,10-13H2,1-3H3;5-10,14,22,25H,3-4,11-13H2,1-2H3;4-9,12-13,21,24H,10-11H2,1-3H3;4-9,13,21,24H,3,10-12H2,1-2H3;2-7,10,17,21-22H,8-9H2,1H3. The van der Waals surface area contributed by atoms with Gasteiger partial charge in [0.2, 0.25) is 0 Å². The van der Waals surface area contributed by atoms with E-state index in [0.29, 0.717) is 16.7 Å². The summed E-state index contributed by atoms with van der Waals surface area (Å²) >= 11 is 59.3. The van der Waals surface area contributed by atoms with Crippen LogP contribution >= 0.6 is 158 Å². The third-order valence-corrected chi connectivity index (χ3v) is 33.6. The molecule has 10 heterocycles. The summed E-state index contributed by atoms with van der Waals surface area (Å²) in [5.41, 5.74) is 25.0. The van der Waals surface area contributed by atoms with Gasteiger partial charge in [-0.25, -0.2) is 4.79 Å². The van der Waals surface area contributed by atoms with E-state index in [9.17, 15) is 4.79 Å². The number of nitrogens with one attached hydrogen (secondary N) is 6. The number of halogens is 5. The number of aromatic nitrogens is 5. The molecule has 0 saturated heterocycles. The summed E-state index contributed by atoms with van der Waals surface area (Å²) in [6, 6.07) is 71.9. The average Bonchev–Trinajstić information content (AvgIpc) is 1.63. The minimum absolute atomic E-state index is 0.0552. The molecule has 139 heavy (non-hydrogen) atoms. The predicted octanol–water partition coefficient (Wildman–Crippen LogP) is 29.8. The Labute approximate surface area is 881 Å². The van der Waals surface area contributed by atoms with E-state index in [1.807, 2.05) is 97.1 Å². The molecular weight excluding hydrogens is 2040 g/mol. The molecule has 10 aromatic carbocycles. The first-order valence-corrected chi connectivity index (χ1v) is 54.9. The first-order chi connectivity index (χ1) is 67.4. The maximum absolute atomic E-state index is 11.6. The van der Waals surface area contributed by atoms with Gasteiger partial charge in [0.1, 0.15) is 40.3 Å².